The molecular weight excluding hydrogens is 600 g/mol. The van der Waals surface area contributed by atoms with Crippen LogP contribution in [0.3, 0.4) is 0 Å². The molecule has 7 atom stereocenters. The number of thioether (sulfide) groups is 1. The lowest BCUT2D eigenvalue weighted by Crippen LogP contribution is -2.56. The van der Waals surface area contributed by atoms with E-state index in [0.717, 1.165) is 56.1 Å². The highest BCUT2D eigenvalue weighted by molar-refractivity contribution is 8.00. The molecule has 2 aliphatic heterocycles. The highest BCUT2D eigenvalue weighted by Crippen LogP contribution is 2.33. The Kier molecular flexibility index (Phi) is 14.7. The van der Waals surface area contributed by atoms with E-state index in [9.17, 15) is 19.8 Å². The predicted molar refractivity (Wildman–Crippen MR) is 184 cm³/mol. The number of likely N-dealkylation sites (N-methyl/N-ethyl adjacent to an activating group) is 1. The molecule has 0 bridgehead atoms. The van der Waals surface area contributed by atoms with Gasteiger partial charge in [0, 0.05) is 37.2 Å². The summed E-state index contributed by atoms with van der Waals surface area (Å²) < 4.78 is 6.04. The quantitative estimate of drug-likeness (QED) is 0.132. The summed E-state index contributed by atoms with van der Waals surface area (Å²) in [4.78, 5) is 32.2. The van der Waals surface area contributed by atoms with Crippen molar-refractivity contribution in [3.63, 3.8) is 0 Å². The topological polar surface area (TPSA) is 118 Å². The Labute approximate surface area is 280 Å². The number of hydrogen-bond donors (Lipinski definition) is 4. The van der Waals surface area contributed by atoms with Crippen molar-refractivity contribution in [1.82, 2.24) is 20.4 Å². The van der Waals surface area contributed by atoms with Crippen LogP contribution in [0.2, 0.25) is 0 Å². The lowest BCUT2D eigenvalue weighted by Gasteiger charge is -2.33. The fourth-order valence-electron chi connectivity index (χ4n) is 6.79. The number of ether oxygens (including phenoxy) is 1. The van der Waals surface area contributed by atoms with Crippen molar-refractivity contribution in [3.05, 3.63) is 35.9 Å². The molecule has 3 fully saturated rings. The number of aliphatic hydroxyl groups is 2. The molecule has 1 aliphatic carbocycles. The Balaban J connectivity index is 1.41. The third-order valence-electron chi connectivity index (χ3n) is 9.63. The Hall–Kier alpha value is -2.13. The van der Waals surface area contributed by atoms with E-state index in [-0.39, 0.29) is 30.6 Å². The predicted octanol–water partition coefficient (Wildman–Crippen LogP) is 3.59. The number of carbonyl (C=O) groups is 2. The van der Waals surface area contributed by atoms with Crippen LogP contribution in [0, 0.1) is 30.1 Å². The molecule has 0 spiro atoms. The molecule has 3 aliphatic rings. The molecular formula is C36H56N4O5S. The first kappa shape index (κ1) is 36.7. The standard InChI is InChI=1S/C36H56N4O5S/c1-5-12-29(35(44)38-30(21-27-15-10-7-11-16-27)33(42)31(41)19-25(2)3)37-34(43)28(20-26-13-8-6-9-14-26)22-32-36(45-32)39(4)17-18-40-23-46-24-40/h1,6,8-9,13-14,25,27-33,36,41-42H,7,10-12,15-24H2,2-4H3,(H,37,43)(H,38,44)/t28-,29+,30+,31+,32?,33-,36?/m1/s1. The monoisotopic (exact) mass is 656 g/mol. The number of nitrogens with zero attached hydrogens (tertiary/aromatic N) is 2. The summed E-state index contributed by atoms with van der Waals surface area (Å²) in [6, 6.07) is 8.31. The minimum atomic E-state index is -1.11. The van der Waals surface area contributed by atoms with E-state index in [1.165, 1.54) is 6.42 Å². The first-order valence-corrected chi connectivity index (χ1v) is 18.4. The highest BCUT2D eigenvalue weighted by Gasteiger charge is 2.44. The van der Waals surface area contributed by atoms with Gasteiger partial charge in [-0.15, -0.1) is 24.1 Å². The molecule has 10 heteroatoms. The molecule has 9 nitrogen and oxygen atoms in total. The molecule has 0 radical (unpaired) electrons. The Morgan fingerprint density at radius 2 is 1.80 bits per heavy atom. The second-order valence-electron chi connectivity index (χ2n) is 14.0. The van der Waals surface area contributed by atoms with Crippen LogP contribution in [0.4, 0.5) is 0 Å². The first-order valence-electron chi connectivity index (χ1n) is 17.2. The van der Waals surface area contributed by atoms with Crippen molar-refractivity contribution in [2.45, 2.75) is 115 Å². The van der Waals surface area contributed by atoms with E-state index in [2.05, 4.69) is 33.4 Å². The Morgan fingerprint density at radius 1 is 1.09 bits per heavy atom. The second-order valence-corrected chi connectivity index (χ2v) is 15.0. The summed E-state index contributed by atoms with van der Waals surface area (Å²) in [6.45, 7) is 5.89. The molecule has 1 aromatic rings. The van der Waals surface area contributed by atoms with Crippen molar-refractivity contribution >= 4 is 23.6 Å². The SMILES string of the molecule is C#CC[C@H](NC(=O)[C@H](Cc1ccccc1)CC1OC1N(C)CCN1CSC1)C(=O)N[C@@H](CC1CCCCC1)[C@@H](O)[C@@H](O)CC(C)C. The van der Waals surface area contributed by atoms with Gasteiger partial charge in [0.1, 0.15) is 24.5 Å². The molecule has 46 heavy (non-hydrogen) atoms. The van der Waals surface area contributed by atoms with Crippen molar-refractivity contribution in [2.24, 2.45) is 17.8 Å². The lowest BCUT2D eigenvalue weighted by molar-refractivity contribution is -0.132. The van der Waals surface area contributed by atoms with Crippen molar-refractivity contribution in [2.75, 3.05) is 31.9 Å². The fourth-order valence-corrected chi connectivity index (χ4v) is 7.49. The average Bonchev–Trinajstić information content (AvgIpc) is 3.79. The molecule has 0 aromatic heterocycles. The van der Waals surface area contributed by atoms with Gasteiger partial charge in [0.15, 0.2) is 0 Å². The zero-order chi connectivity index (χ0) is 33.1. The van der Waals surface area contributed by atoms with E-state index >= 15 is 0 Å². The van der Waals surface area contributed by atoms with Crippen molar-refractivity contribution in [3.8, 4) is 12.3 Å². The van der Waals surface area contributed by atoms with Crippen LogP contribution < -0.4 is 10.6 Å². The number of benzene rings is 1. The third-order valence-corrected chi connectivity index (χ3v) is 10.7. The van der Waals surface area contributed by atoms with Gasteiger partial charge >= 0.3 is 0 Å². The van der Waals surface area contributed by atoms with Crippen LogP contribution in [0.1, 0.15) is 77.2 Å². The number of terminal acetylenes is 1. The van der Waals surface area contributed by atoms with E-state index in [4.69, 9.17) is 11.2 Å². The van der Waals surface area contributed by atoms with Crippen molar-refractivity contribution in [1.29, 1.82) is 0 Å². The fraction of sp³-hybridized carbons (Fsp3) is 0.722. The number of carbonyl (C=O) groups excluding carboxylic acids is 2. The number of hydrogen-bond acceptors (Lipinski definition) is 8. The zero-order valence-corrected chi connectivity index (χ0v) is 28.8. The van der Waals surface area contributed by atoms with Crippen LogP contribution >= 0.6 is 11.8 Å². The maximum atomic E-state index is 13.9. The van der Waals surface area contributed by atoms with E-state index in [1.807, 2.05) is 55.9 Å². The molecule has 2 unspecified atom stereocenters. The van der Waals surface area contributed by atoms with Gasteiger partial charge < -0.3 is 25.6 Å². The normalized spacial score (nSPS) is 23.5. The summed E-state index contributed by atoms with van der Waals surface area (Å²) in [5.41, 5.74) is 1.04. The van der Waals surface area contributed by atoms with E-state index in [1.54, 1.807) is 0 Å². The third kappa shape index (κ3) is 11.5. The van der Waals surface area contributed by atoms with Crippen LogP contribution in [-0.4, -0.2) is 100 Å². The summed E-state index contributed by atoms with van der Waals surface area (Å²) in [7, 11) is 2.06. The lowest BCUT2D eigenvalue weighted by atomic mass is 9.82. The molecule has 256 valence electrons. The number of rotatable bonds is 19. The zero-order valence-electron chi connectivity index (χ0n) is 28.0. The van der Waals surface area contributed by atoms with Crippen LogP contribution in [-0.2, 0) is 20.7 Å². The minimum absolute atomic E-state index is 0.0240. The number of amides is 2. The molecule has 1 saturated carbocycles. The van der Waals surface area contributed by atoms with E-state index in [0.29, 0.717) is 31.6 Å². The van der Waals surface area contributed by atoms with Gasteiger partial charge in [-0.1, -0.05) is 76.3 Å². The number of nitrogens with one attached hydrogen (secondary N) is 2. The van der Waals surface area contributed by atoms with Gasteiger partial charge in [-0.3, -0.25) is 19.4 Å². The Bertz CT molecular complexity index is 1120. The van der Waals surface area contributed by atoms with Crippen molar-refractivity contribution < 1.29 is 24.5 Å². The summed E-state index contributed by atoms with van der Waals surface area (Å²) >= 11 is 1.93. The number of aliphatic hydroxyl groups excluding tert-OH is 2. The average molecular weight is 657 g/mol. The Morgan fingerprint density at radius 3 is 2.43 bits per heavy atom. The maximum absolute atomic E-state index is 13.9. The summed E-state index contributed by atoms with van der Waals surface area (Å²) in [5.74, 6) is 4.20. The first-order chi connectivity index (χ1) is 22.1. The van der Waals surface area contributed by atoms with Gasteiger partial charge in [0.05, 0.1) is 12.1 Å². The van der Waals surface area contributed by atoms with Crippen LogP contribution in [0.15, 0.2) is 30.3 Å². The molecule has 4 N–H and O–H groups in total. The molecule has 4 rings (SSSR count). The van der Waals surface area contributed by atoms with Gasteiger partial charge in [-0.2, -0.15) is 0 Å². The highest BCUT2D eigenvalue weighted by atomic mass is 32.2. The van der Waals surface area contributed by atoms with Gasteiger partial charge in [-0.05, 0) is 50.1 Å². The van der Waals surface area contributed by atoms with Gasteiger partial charge in [0.2, 0.25) is 11.8 Å². The molecule has 2 amide bonds. The minimum Gasteiger partial charge on any atom is -0.390 e. The van der Waals surface area contributed by atoms with Crippen LogP contribution in [0.5, 0.6) is 0 Å². The largest absolute Gasteiger partial charge is 0.390 e. The maximum Gasteiger partial charge on any atom is 0.243 e. The molecule has 2 heterocycles. The number of epoxide rings is 1. The second kappa shape index (κ2) is 18.4. The van der Waals surface area contributed by atoms with Crippen LogP contribution in [0.25, 0.3) is 0 Å². The molecule has 1 aromatic carbocycles. The summed E-state index contributed by atoms with van der Waals surface area (Å²) in [6.07, 6.45) is 11.2. The van der Waals surface area contributed by atoms with E-state index < -0.39 is 36.1 Å². The van der Waals surface area contributed by atoms with Gasteiger partial charge in [0.25, 0.3) is 0 Å². The molecule has 2 saturated heterocycles. The van der Waals surface area contributed by atoms with Gasteiger partial charge in [-0.25, -0.2) is 0 Å². The summed E-state index contributed by atoms with van der Waals surface area (Å²) in [5, 5.41) is 28.0. The smallest absolute Gasteiger partial charge is 0.243 e.